The monoisotopic (exact) mass is 418 g/mol. The molecule has 0 aromatic heterocycles. The van der Waals surface area contributed by atoms with Crippen molar-refractivity contribution >= 4 is 16.1 Å². The molecule has 4 fully saturated rings. The van der Waals surface area contributed by atoms with E-state index in [9.17, 15) is 26.4 Å². The third-order valence-corrected chi connectivity index (χ3v) is 7.36. The van der Waals surface area contributed by atoms with Crippen LogP contribution in [0.4, 0.5) is 18.0 Å². The molecule has 0 heterocycles. The Morgan fingerprint density at radius 1 is 1.00 bits per heavy atom. The lowest BCUT2D eigenvalue weighted by atomic mass is 9.53. The van der Waals surface area contributed by atoms with Gasteiger partial charge in [0.05, 0.1) is 4.90 Å². The van der Waals surface area contributed by atoms with E-state index in [1.165, 1.54) is 19.3 Å². The van der Waals surface area contributed by atoms with Gasteiger partial charge in [0.1, 0.15) is 5.75 Å². The summed E-state index contributed by atoms with van der Waals surface area (Å²) < 4.78 is 67.1. The zero-order valence-corrected chi connectivity index (χ0v) is 15.8. The summed E-state index contributed by atoms with van der Waals surface area (Å²) in [6.07, 6.45) is 1.31. The van der Waals surface area contributed by atoms with Gasteiger partial charge in [-0.15, -0.1) is 13.2 Å². The number of rotatable bonds is 4. The van der Waals surface area contributed by atoms with Gasteiger partial charge < -0.3 is 10.1 Å². The van der Waals surface area contributed by atoms with Gasteiger partial charge in [0.15, 0.2) is 0 Å². The summed E-state index contributed by atoms with van der Waals surface area (Å²) in [7, 11) is -4.20. The van der Waals surface area contributed by atoms with Crippen LogP contribution in [0.5, 0.6) is 5.75 Å². The molecule has 4 saturated carbocycles. The molecule has 5 rings (SSSR count). The largest absolute Gasteiger partial charge is 0.573 e. The number of benzene rings is 1. The minimum Gasteiger partial charge on any atom is -0.406 e. The third kappa shape index (κ3) is 4.06. The van der Waals surface area contributed by atoms with Gasteiger partial charge in [-0.2, -0.15) is 0 Å². The maximum absolute atomic E-state index is 12.4. The zero-order valence-electron chi connectivity index (χ0n) is 15.0. The Balaban J connectivity index is 1.41. The molecule has 4 bridgehead atoms. The first-order chi connectivity index (χ1) is 13.0. The fourth-order valence-electron chi connectivity index (χ4n) is 5.53. The minimum atomic E-state index is -4.86. The van der Waals surface area contributed by atoms with Crippen LogP contribution in [0.15, 0.2) is 29.2 Å². The highest BCUT2D eigenvalue weighted by Gasteiger charge is 2.51. The molecule has 0 saturated heterocycles. The zero-order chi connectivity index (χ0) is 20.2. The molecule has 10 heteroatoms. The van der Waals surface area contributed by atoms with Crippen molar-refractivity contribution in [3.05, 3.63) is 24.3 Å². The highest BCUT2D eigenvalue weighted by molar-refractivity contribution is 7.90. The molecule has 2 N–H and O–H groups in total. The van der Waals surface area contributed by atoms with E-state index in [0.29, 0.717) is 17.8 Å². The number of carbonyl (C=O) groups excluding carboxylic acids is 1. The van der Waals surface area contributed by atoms with Crippen LogP contribution in [-0.2, 0) is 10.0 Å². The predicted molar refractivity (Wildman–Crippen MR) is 92.9 cm³/mol. The number of carbonyl (C=O) groups is 1. The molecule has 0 aliphatic heterocycles. The van der Waals surface area contributed by atoms with Crippen molar-refractivity contribution in [2.45, 2.75) is 55.3 Å². The van der Waals surface area contributed by atoms with Crippen LogP contribution in [0.3, 0.4) is 0 Å². The summed E-state index contributed by atoms with van der Waals surface area (Å²) in [4.78, 5) is 12.1. The van der Waals surface area contributed by atoms with Crippen LogP contribution < -0.4 is 14.8 Å². The molecule has 4 aliphatic carbocycles. The van der Waals surface area contributed by atoms with Crippen LogP contribution in [-0.4, -0.2) is 26.4 Å². The van der Waals surface area contributed by atoms with E-state index in [-0.39, 0.29) is 10.4 Å². The van der Waals surface area contributed by atoms with E-state index in [1.54, 1.807) is 0 Å². The summed E-state index contributed by atoms with van der Waals surface area (Å²) in [5.74, 6) is 1.22. The van der Waals surface area contributed by atoms with Gasteiger partial charge in [0.2, 0.25) is 0 Å². The number of hydrogen-bond acceptors (Lipinski definition) is 4. The van der Waals surface area contributed by atoms with Crippen molar-refractivity contribution in [3.63, 3.8) is 0 Å². The fraction of sp³-hybridized carbons (Fsp3) is 0.611. The average Bonchev–Trinajstić information content (AvgIpc) is 2.51. The van der Waals surface area contributed by atoms with Crippen molar-refractivity contribution in [2.75, 3.05) is 0 Å². The molecule has 6 nitrogen and oxygen atoms in total. The lowest BCUT2D eigenvalue weighted by molar-refractivity contribution is -0.274. The van der Waals surface area contributed by atoms with Crippen LogP contribution in [0.25, 0.3) is 0 Å². The summed E-state index contributed by atoms with van der Waals surface area (Å²) in [6.45, 7) is 0. The molecule has 0 atom stereocenters. The smallest absolute Gasteiger partial charge is 0.406 e. The lowest BCUT2D eigenvalue weighted by Gasteiger charge is -2.56. The van der Waals surface area contributed by atoms with Gasteiger partial charge in [-0.25, -0.2) is 17.9 Å². The Labute approximate surface area is 160 Å². The topological polar surface area (TPSA) is 84.5 Å². The molecule has 0 unspecified atom stereocenters. The number of hydrogen-bond donors (Lipinski definition) is 2. The Kier molecular flexibility index (Phi) is 4.52. The molecule has 0 spiro atoms. The number of halogens is 3. The molecule has 2 amide bonds. The first-order valence-electron chi connectivity index (χ1n) is 9.23. The molecular weight excluding hydrogens is 397 g/mol. The molecule has 1 aromatic rings. The van der Waals surface area contributed by atoms with E-state index >= 15 is 0 Å². The minimum absolute atomic E-state index is 0.317. The summed E-state index contributed by atoms with van der Waals surface area (Å²) >= 11 is 0. The second kappa shape index (κ2) is 6.53. The van der Waals surface area contributed by atoms with E-state index in [2.05, 4.69) is 10.1 Å². The van der Waals surface area contributed by atoms with Gasteiger partial charge in [-0.05, 0) is 80.5 Å². The Hall–Kier alpha value is -1.97. The van der Waals surface area contributed by atoms with Crippen molar-refractivity contribution in [1.82, 2.24) is 10.0 Å². The summed E-state index contributed by atoms with van der Waals surface area (Å²) in [6, 6.07) is 2.90. The van der Waals surface area contributed by atoms with Crippen LogP contribution in [0, 0.1) is 17.8 Å². The average molecular weight is 418 g/mol. The van der Waals surface area contributed by atoms with Crippen molar-refractivity contribution in [1.29, 1.82) is 0 Å². The normalized spacial score (nSPS) is 31.5. The maximum Gasteiger partial charge on any atom is 0.573 e. The van der Waals surface area contributed by atoms with Crippen LogP contribution in [0.1, 0.15) is 38.5 Å². The Morgan fingerprint density at radius 3 is 1.96 bits per heavy atom. The van der Waals surface area contributed by atoms with Crippen LogP contribution >= 0.6 is 0 Å². The van der Waals surface area contributed by atoms with Gasteiger partial charge >= 0.3 is 12.4 Å². The van der Waals surface area contributed by atoms with E-state index in [4.69, 9.17) is 0 Å². The van der Waals surface area contributed by atoms with Crippen molar-refractivity contribution < 1.29 is 31.1 Å². The van der Waals surface area contributed by atoms with Crippen molar-refractivity contribution in [2.24, 2.45) is 17.8 Å². The number of sulfonamides is 1. The van der Waals surface area contributed by atoms with E-state index in [1.807, 2.05) is 4.72 Å². The van der Waals surface area contributed by atoms with E-state index < -0.39 is 28.2 Å². The first-order valence-corrected chi connectivity index (χ1v) is 10.7. The lowest BCUT2D eigenvalue weighted by Crippen LogP contribution is -2.61. The summed E-state index contributed by atoms with van der Waals surface area (Å²) in [5.41, 5.74) is -0.348. The third-order valence-electron chi connectivity index (χ3n) is 6.01. The van der Waals surface area contributed by atoms with Gasteiger partial charge in [-0.3, -0.25) is 0 Å². The molecule has 1 aromatic carbocycles. The number of nitrogens with one attached hydrogen (secondary N) is 2. The SMILES string of the molecule is O=C(NC12CC3CC(CC(C3)C1)C2)NS(=O)(=O)c1ccc(OC(F)(F)F)cc1. The predicted octanol–water partition coefficient (Wildman–Crippen LogP) is 3.54. The van der Waals surface area contributed by atoms with Gasteiger partial charge in [-0.1, -0.05) is 0 Å². The quantitative estimate of drug-likeness (QED) is 0.783. The molecule has 154 valence electrons. The molecule has 28 heavy (non-hydrogen) atoms. The highest BCUT2D eigenvalue weighted by atomic mass is 32.2. The van der Waals surface area contributed by atoms with Crippen LogP contribution in [0.2, 0.25) is 0 Å². The fourth-order valence-corrected chi connectivity index (χ4v) is 6.44. The van der Waals surface area contributed by atoms with E-state index in [0.717, 1.165) is 43.5 Å². The number of ether oxygens (including phenoxy) is 1. The second-order valence-electron chi connectivity index (χ2n) is 8.28. The highest BCUT2D eigenvalue weighted by Crippen LogP contribution is 2.55. The number of amides is 2. The Bertz CT molecular complexity index is 833. The first kappa shape index (κ1) is 19.4. The number of urea groups is 1. The summed E-state index contributed by atoms with van der Waals surface area (Å²) in [5, 5.41) is 2.89. The maximum atomic E-state index is 12.4. The standard InChI is InChI=1S/C18H21F3N2O4S/c19-18(20,21)27-14-1-3-15(4-2-14)28(25,26)23-16(24)22-17-8-11-5-12(9-17)7-13(6-11)10-17/h1-4,11-13H,5-10H2,(H2,22,23,24). The molecular formula is C18H21F3N2O4S. The van der Waals surface area contributed by atoms with Gasteiger partial charge in [0.25, 0.3) is 10.0 Å². The number of alkyl halides is 3. The second-order valence-corrected chi connectivity index (χ2v) is 9.96. The van der Waals surface area contributed by atoms with Gasteiger partial charge in [0, 0.05) is 5.54 Å². The Morgan fingerprint density at radius 2 is 1.50 bits per heavy atom. The van der Waals surface area contributed by atoms with Crippen molar-refractivity contribution in [3.8, 4) is 5.75 Å². The molecule has 4 aliphatic rings. The molecule has 0 radical (unpaired) electrons.